The molecule has 0 radical (unpaired) electrons. The average Bonchev–Trinajstić information content (AvgIpc) is 2.37. The van der Waals surface area contributed by atoms with Gasteiger partial charge >= 0.3 is 0 Å². The second-order valence-electron chi connectivity index (χ2n) is 4.95. The van der Waals surface area contributed by atoms with Crippen molar-refractivity contribution in [3.05, 3.63) is 28.2 Å². The van der Waals surface area contributed by atoms with Crippen molar-refractivity contribution in [2.75, 3.05) is 32.1 Å². The summed E-state index contributed by atoms with van der Waals surface area (Å²) in [5.41, 5.74) is 1.86. The van der Waals surface area contributed by atoms with Gasteiger partial charge in [0.15, 0.2) is 0 Å². The number of likely N-dealkylation sites (N-methyl/N-ethyl adjacent to an activating group) is 2. The number of nitriles is 1. The van der Waals surface area contributed by atoms with Crippen molar-refractivity contribution in [3.63, 3.8) is 0 Å². The van der Waals surface area contributed by atoms with Gasteiger partial charge in [0.2, 0.25) is 0 Å². The number of hydrogen-bond acceptors (Lipinski definition) is 3. The Morgan fingerprint density at radius 1 is 1.50 bits per heavy atom. The van der Waals surface area contributed by atoms with Crippen molar-refractivity contribution in [2.24, 2.45) is 0 Å². The summed E-state index contributed by atoms with van der Waals surface area (Å²) in [5.74, 6) is 0. The molecule has 1 saturated heterocycles. The van der Waals surface area contributed by atoms with E-state index in [1.165, 1.54) is 19.4 Å². The van der Waals surface area contributed by atoms with E-state index in [1.54, 1.807) is 0 Å². The van der Waals surface area contributed by atoms with Gasteiger partial charge in [0.1, 0.15) is 0 Å². The molecular formula is C14H18BrN3. The van der Waals surface area contributed by atoms with Crippen LogP contribution < -0.4 is 4.90 Å². The van der Waals surface area contributed by atoms with Crippen LogP contribution in [0.1, 0.15) is 18.4 Å². The van der Waals surface area contributed by atoms with Crippen molar-refractivity contribution in [2.45, 2.75) is 18.9 Å². The quantitative estimate of drug-likeness (QED) is 0.841. The van der Waals surface area contributed by atoms with Gasteiger partial charge in [-0.3, -0.25) is 0 Å². The van der Waals surface area contributed by atoms with Crippen LogP contribution >= 0.6 is 15.9 Å². The van der Waals surface area contributed by atoms with Crippen LogP contribution in [-0.4, -0.2) is 38.1 Å². The van der Waals surface area contributed by atoms with E-state index in [1.807, 2.05) is 18.2 Å². The molecule has 0 aliphatic carbocycles. The number of nitrogens with zero attached hydrogens (tertiary/aromatic N) is 3. The van der Waals surface area contributed by atoms with Gasteiger partial charge in [0.05, 0.1) is 17.3 Å². The molecule has 0 saturated carbocycles. The first-order valence-corrected chi connectivity index (χ1v) is 7.02. The first kappa shape index (κ1) is 13.4. The Morgan fingerprint density at radius 3 is 2.89 bits per heavy atom. The maximum absolute atomic E-state index is 8.88. The molecule has 0 N–H and O–H groups in total. The number of likely N-dealkylation sites (tertiary alicyclic amines) is 1. The third-order valence-corrected chi connectivity index (χ3v) is 4.24. The van der Waals surface area contributed by atoms with E-state index in [2.05, 4.69) is 45.9 Å². The Hall–Kier alpha value is -1.05. The van der Waals surface area contributed by atoms with E-state index in [-0.39, 0.29) is 0 Å². The van der Waals surface area contributed by atoms with Crippen LogP contribution in [0.5, 0.6) is 0 Å². The van der Waals surface area contributed by atoms with Crippen LogP contribution in [0, 0.1) is 11.3 Å². The molecule has 2 rings (SSSR count). The highest BCUT2D eigenvalue weighted by Gasteiger charge is 2.22. The van der Waals surface area contributed by atoms with Crippen LogP contribution in [0.3, 0.4) is 0 Å². The standard InChI is InChI=1S/C14H18BrN3/c1-17-7-3-4-12(10-17)18(2)14-6-5-11(9-16)8-13(14)15/h5-6,8,12H,3-4,7,10H2,1-2H3. The predicted octanol–water partition coefficient (Wildman–Crippen LogP) is 2.85. The lowest BCUT2D eigenvalue weighted by atomic mass is 10.0. The Labute approximate surface area is 117 Å². The fourth-order valence-electron chi connectivity index (χ4n) is 2.51. The van der Waals surface area contributed by atoms with E-state index in [9.17, 15) is 0 Å². The molecule has 1 fully saturated rings. The fourth-order valence-corrected chi connectivity index (χ4v) is 3.17. The number of anilines is 1. The van der Waals surface area contributed by atoms with Crippen LogP contribution in [0.25, 0.3) is 0 Å². The molecule has 1 unspecified atom stereocenters. The minimum Gasteiger partial charge on any atom is -0.369 e. The molecular weight excluding hydrogens is 290 g/mol. The molecule has 3 nitrogen and oxygen atoms in total. The van der Waals surface area contributed by atoms with E-state index < -0.39 is 0 Å². The summed E-state index contributed by atoms with van der Waals surface area (Å²) in [7, 11) is 4.31. The number of halogens is 1. The third-order valence-electron chi connectivity index (χ3n) is 3.60. The second kappa shape index (κ2) is 5.73. The first-order valence-electron chi connectivity index (χ1n) is 6.23. The zero-order chi connectivity index (χ0) is 13.1. The van der Waals surface area contributed by atoms with Gasteiger partial charge in [0, 0.05) is 24.1 Å². The van der Waals surface area contributed by atoms with Gasteiger partial charge in [-0.05, 0) is 60.6 Å². The van der Waals surface area contributed by atoms with Gasteiger partial charge in [-0.1, -0.05) is 0 Å². The minimum absolute atomic E-state index is 0.549. The third kappa shape index (κ3) is 2.85. The van der Waals surface area contributed by atoms with Gasteiger partial charge < -0.3 is 9.80 Å². The van der Waals surface area contributed by atoms with Crippen molar-refractivity contribution in [3.8, 4) is 6.07 Å². The average molecular weight is 308 g/mol. The van der Waals surface area contributed by atoms with Crippen LogP contribution in [0.2, 0.25) is 0 Å². The summed E-state index contributed by atoms with van der Waals surface area (Å²) in [4.78, 5) is 4.70. The van der Waals surface area contributed by atoms with Crippen molar-refractivity contribution < 1.29 is 0 Å². The van der Waals surface area contributed by atoms with E-state index >= 15 is 0 Å². The number of rotatable bonds is 2. The SMILES string of the molecule is CN1CCCC(N(C)c2ccc(C#N)cc2Br)C1. The molecule has 18 heavy (non-hydrogen) atoms. The predicted molar refractivity (Wildman–Crippen MR) is 77.8 cm³/mol. The molecule has 1 heterocycles. The monoisotopic (exact) mass is 307 g/mol. The molecule has 1 aromatic rings. The molecule has 0 amide bonds. The smallest absolute Gasteiger partial charge is 0.0992 e. The van der Waals surface area contributed by atoms with E-state index in [4.69, 9.17) is 5.26 Å². The molecule has 1 aromatic carbocycles. The van der Waals surface area contributed by atoms with Crippen molar-refractivity contribution in [1.29, 1.82) is 5.26 Å². The zero-order valence-corrected chi connectivity index (χ0v) is 12.4. The number of piperidine rings is 1. The lowest BCUT2D eigenvalue weighted by Crippen LogP contribution is -2.45. The summed E-state index contributed by atoms with van der Waals surface area (Å²) in [6.07, 6.45) is 2.48. The Morgan fingerprint density at radius 2 is 2.28 bits per heavy atom. The molecule has 1 atom stereocenters. The number of hydrogen-bond donors (Lipinski definition) is 0. The summed E-state index contributed by atoms with van der Waals surface area (Å²) < 4.78 is 0.997. The van der Waals surface area contributed by atoms with Crippen LogP contribution in [0.4, 0.5) is 5.69 Å². The Bertz CT molecular complexity index is 467. The van der Waals surface area contributed by atoms with E-state index in [0.717, 1.165) is 16.7 Å². The fraction of sp³-hybridized carbons (Fsp3) is 0.500. The van der Waals surface area contributed by atoms with Gasteiger partial charge in [0.25, 0.3) is 0 Å². The Kier molecular flexibility index (Phi) is 4.26. The maximum atomic E-state index is 8.88. The summed E-state index contributed by atoms with van der Waals surface area (Å²) in [6, 6.07) is 8.50. The first-order chi connectivity index (χ1) is 8.61. The highest BCUT2D eigenvalue weighted by Crippen LogP contribution is 2.29. The van der Waals surface area contributed by atoms with Crippen molar-refractivity contribution >= 4 is 21.6 Å². The minimum atomic E-state index is 0.549. The maximum Gasteiger partial charge on any atom is 0.0992 e. The normalized spacial score (nSPS) is 20.4. The molecule has 96 valence electrons. The highest BCUT2D eigenvalue weighted by atomic mass is 79.9. The lowest BCUT2D eigenvalue weighted by molar-refractivity contribution is 0.248. The highest BCUT2D eigenvalue weighted by molar-refractivity contribution is 9.10. The van der Waals surface area contributed by atoms with E-state index in [0.29, 0.717) is 11.6 Å². The van der Waals surface area contributed by atoms with Gasteiger partial charge in [-0.25, -0.2) is 0 Å². The summed E-state index contributed by atoms with van der Waals surface area (Å²) in [6.45, 7) is 2.29. The molecule has 0 spiro atoms. The van der Waals surface area contributed by atoms with Gasteiger partial charge in [-0.15, -0.1) is 0 Å². The Balaban J connectivity index is 2.18. The van der Waals surface area contributed by atoms with Crippen LogP contribution in [0.15, 0.2) is 22.7 Å². The zero-order valence-electron chi connectivity index (χ0n) is 10.9. The lowest BCUT2D eigenvalue weighted by Gasteiger charge is -2.37. The van der Waals surface area contributed by atoms with Crippen LogP contribution in [-0.2, 0) is 0 Å². The summed E-state index contributed by atoms with van der Waals surface area (Å²) in [5, 5.41) is 8.88. The topological polar surface area (TPSA) is 30.3 Å². The largest absolute Gasteiger partial charge is 0.369 e. The molecule has 1 aliphatic rings. The molecule has 0 bridgehead atoms. The molecule has 1 aliphatic heterocycles. The second-order valence-corrected chi connectivity index (χ2v) is 5.80. The van der Waals surface area contributed by atoms with Crippen molar-refractivity contribution in [1.82, 2.24) is 4.90 Å². The summed E-state index contributed by atoms with van der Waals surface area (Å²) >= 11 is 3.56. The molecule has 0 aromatic heterocycles. The molecule has 4 heteroatoms. The van der Waals surface area contributed by atoms with Gasteiger partial charge in [-0.2, -0.15) is 5.26 Å². The number of benzene rings is 1.